The van der Waals surface area contributed by atoms with E-state index in [2.05, 4.69) is 28.8 Å². The topological polar surface area (TPSA) is 81.0 Å². The predicted molar refractivity (Wildman–Crippen MR) is 90.2 cm³/mol. The van der Waals surface area contributed by atoms with Crippen LogP contribution in [0.15, 0.2) is 24.5 Å². The molecule has 0 spiro atoms. The maximum atomic E-state index is 13.2. The summed E-state index contributed by atoms with van der Waals surface area (Å²) in [6, 6.07) is 6.21. The number of nitrogens with one attached hydrogen (secondary N) is 2. The number of carbonyl (C=O) groups excluding carboxylic acids is 1. The minimum Gasteiger partial charge on any atom is -0.337 e. The quantitative estimate of drug-likeness (QED) is 0.856. The third-order valence-electron chi connectivity index (χ3n) is 5.15. The largest absolute Gasteiger partial charge is 0.337 e. The van der Waals surface area contributed by atoms with Gasteiger partial charge in [0.25, 0.3) is 0 Å². The molecule has 1 saturated carbocycles. The van der Waals surface area contributed by atoms with Gasteiger partial charge in [-0.1, -0.05) is 13.0 Å². The molecule has 128 valence electrons. The number of hydrogen-bond donors (Lipinski definition) is 2. The van der Waals surface area contributed by atoms with Crippen molar-refractivity contribution in [1.29, 1.82) is 5.26 Å². The average molecular weight is 327 g/mol. The molecule has 1 saturated heterocycles. The molecule has 2 aliphatic rings. The molecule has 2 heterocycles. The second kappa shape index (κ2) is 7.73. The number of nitriles is 1. The van der Waals surface area contributed by atoms with Crippen LogP contribution in [-0.2, 0) is 11.3 Å². The van der Waals surface area contributed by atoms with E-state index in [0.29, 0.717) is 31.3 Å². The Morgan fingerprint density at radius 1 is 1.50 bits per heavy atom. The van der Waals surface area contributed by atoms with Crippen LogP contribution in [0, 0.1) is 29.1 Å². The maximum absolute atomic E-state index is 13.2. The molecule has 2 fully saturated rings. The van der Waals surface area contributed by atoms with Crippen LogP contribution in [-0.4, -0.2) is 34.9 Å². The summed E-state index contributed by atoms with van der Waals surface area (Å²) in [5, 5.41) is 8.94. The lowest BCUT2D eigenvalue weighted by atomic mass is 9.72. The standard InChI is InChI=1S/C18H25N5O/c1-13-8-15-11-21-22-17(15)16(9-13)18(24)23(7-3-5-19)12-14-4-2-6-20-10-14/h2,4,6,10,13,15-17,21-22H,3,7-9,11-12H2,1H3. The van der Waals surface area contributed by atoms with E-state index >= 15 is 0 Å². The van der Waals surface area contributed by atoms with Gasteiger partial charge < -0.3 is 4.90 Å². The molecule has 6 heteroatoms. The van der Waals surface area contributed by atoms with Gasteiger partial charge in [0.15, 0.2) is 0 Å². The average Bonchev–Trinajstić information content (AvgIpc) is 3.06. The first kappa shape index (κ1) is 16.9. The van der Waals surface area contributed by atoms with Crippen LogP contribution >= 0.6 is 0 Å². The molecule has 4 unspecified atom stereocenters. The van der Waals surface area contributed by atoms with Crippen molar-refractivity contribution in [3.8, 4) is 6.07 Å². The van der Waals surface area contributed by atoms with Gasteiger partial charge in [-0.25, -0.2) is 0 Å². The van der Waals surface area contributed by atoms with Crippen molar-refractivity contribution < 1.29 is 4.79 Å². The molecule has 4 atom stereocenters. The number of rotatable bonds is 5. The molecule has 1 aromatic heterocycles. The first-order valence-corrected chi connectivity index (χ1v) is 8.72. The lowest BCUT2D eigenvalue weighted by Gasteiger charge is -2.38. The Hall–Kier alpha value is -1.97. The molecule has 1 amide bonds. The lowest BCUT2D eigenvalue weighted by Crippen LogP contribution is -2.50. The van der Waals surface area contributed by atoms with E-state index in [1.54, 1.807) is 12.4 Å². The Kier molecular flexibility index (Phi) is 5.44. The third kappa shape index (κ3) is 3.74. The molecule has 0 bridgehead atoms. The van der Waals surface area contributed by atoms with Gasteiger partial charge in [0.05, 0.1) is 18.4 Å². The van der Waals surface area contributed by atoms with Crippen molar-refractivity contribution in [1.82, 2.24) is 20.7 Å². The SMILES string of the molecule is CC1CC2CNNC2C(C(=O)N(CCC#N)Cc2cccnc2)C1. The smallest absolute Gasteiger partial charge is 0.227 e. The highest BCUT2D eigenvalue weighted by Crippen LogP contribution is 2.36. The number of amides is 1. The van der Waals surface area contributed by atoms with Crippen LogP contribution in [0.2, 0.25) is 0 Å². The van der Waals surface area contributed by atoms with Gasteiger partial charge in [-0.15, -0.1) is 0 Å². The van der Waals surface area contributed by atoms with Crippen molar-refractivity contribution in [2.24, 2.45) is 17.8 Å². The molecule has 6 nitrogen and oxygen atoms in total. The van der Waals surface area contributed by atoms with Crippen LogP contribution < -0.4 is 10.9 Å². The number of fused-ring (bicyclic) bond motifs is 1. The van der Waals surface area contributed by atoms with Crippen LogP contribution in [0.4, 0.5) is 0 Å². The van der Waals surface area contributed by atoms with Crippen LogP contribution in [0.1, 0.15) is 31.7 Å². The summed E-state index contributed by atoms with van der Waals surface area (Å²) < 4.78 is 0. The minimum atomic E-state index is -0.0240. The van der Waals surface area contributed by atoms with Crippen molar-refractivity contribution in [3.63, 3.8) is 0 Å². The number of hydrazine groups is 1. The lowest BCUT2D eigenvalue weighted by molar-refractivity contribution is -0.139. The zero-order valence-electron chi connectivity index (χ0n) is 14.1. The molecule has 0 aromatic carbocycles. The Morgan fingerprint density at radius 3 is 3.12 bits per heavy atom. The highest BCUT2D eigenvalue weighted by molar-refractivity contribution is 5.80. The van der Waals surface area contributed by atoms with Crippen molar-refractivity contribution in [2.75, 3.05) is 13.1 Å². The van der Waals surface area contributed by atoms with Gasteiger partial charge in [0.1, 0.15) is 0 Å². The molecule has 0 radical (unpaired) electrons. The van der Waals surface area contributed by atoms with Gasteiger partial charge >= 0.3 is 0 Å². The van der Waals surface area contributed by atoms with Crippen molar-refractivity contribution in [3.05, 3.63) is 30.1 Å². The molecular formula is C18H25N5O. The summed E-state index contributed by atoms with van der Waals surface area (Å²) in [5.74, 6) is 1.20. The molecule has 1 aliphatic heterocycles. The fourth-order valence-electron chi connectivity index (χ4n) is 4.06. The Labute approximate surface area is 143 Å². The maximum Gasteiger partial charge on any atom is 0.227 e. The molecule has 2 N–H and O–H groups in total. The van der Waals surface area contributed by atoms with Crippen molar-refractivity contribution in [2.45, 2.75) is 38.8 Å². The predicted octanol–water partition coefficient (Wildman–Crippen LogP) is 1.46. The number of carbonyl (C=O) groups is 1. The fraction of sp³-hybridized carbons (Fsp3) is 0.611. The van der Waals surface area contributed by atoms with Gasteiger partial charge in [-0.05, 0) is 36.3 Å². The minimum absolute atomic E-state index is 0.0240. The zero-order chi connectivity index (χ0) is 16.9. The van der Waals surface area contributed by atoms with E-state index in [9.17, 15) is 4.79 Å². The molecular weight excluding hydrogens is 302 g/mol. The second-order valence-electron chi connectivity index (χ2n) is 7.02. The van der Waals surface area contributed by atoms with Gasteiger partial charge in [0.2, 0.25) is 5.91 Å². The summed E-state index contributed by atoms with van der Waals surface area (Å²) in [6.45, 7) is 4.15. The fourth-order valence-corrected chi connectivity index (χ4v) is 4.06. The Balaban J connectivity index is 1.75. The third-order valence-corrected chi connectivity index (χ3v) is 5.15. The summed E-state index contributed by atoms with van der Waals surface area (Å²) >= 11 is 0. The monoisotopic (exact) mass is 327 g/mol. The van der Waals surface area contributed by atoms with Crippen LogP contribution in [0.25, 0.3) is 0 Å². The van der Waals surface area contributed by atoms with Gasteiger partial charge in [-0.3, -0.25) is 20.6 Å². The second-order valence-corrected chi connectivity index (χ2v) is 7.02. The molecule has 24 heavy (non-hydrogen) atoms. The Bertz CT molecular complexity index is 599. The van der Waals surface area contributed by atoms with E-state index < -0.39 is 0 Å². The van der Waals surface area contributed by atoms with Crippen LogP contribution in [0.3, 0.4) is 0 Å². The first-order chi connectivity index (χ1) is 11.7. The van der Waals surface area contributed by atoms with Gasteiger partial charge in [-0.2, -0.15) is 5.26 Å². The van der Waals surface area contributed by atoms with E-state index in [1.165, 1.54) is 0 Å². The summed E-state index contributed by atoms with van der Waals surface area (Å²) in [6.07, 6.45) is 5.94. The van der Waals surface area contributed by atoms with Gasteiger partial charge in [0, 0.05) is 38.1 Å². The summed E-state index contributed by atoms with van der Waals surface area (Å²) in [5.41, 5.74) is 7.53. The molecule has 1 aromatic rings. The van der Waals surface area contributed by atoms with E-state index in [4.69, 9.17) is 5.26 Å². The zero-order valence-corrected chi connectivity index (χ0v) is 14.1. The summed E-state index contributed by atoms with van der Waals surface area (Å²) in [4.78, 5) is 19.2. The number of hydrogen-bond acceptors (Lipinski definition) is 5. The van der Waals surface area contributed by atoms with E-state index in [-0.39, 0.29) is 17.9 Å². The number of aromatic nitrogens is 1. The first-order valence-electron chi connectivity index (χ1n) is 8.72. The number of pyridine rings is 1. The Morgan fingerprint density at radius 2 is 2.38 bits per heavy atom. The molecule has 3 rings (SSSR count). The highest BCUT2D eigenvalue weighted by Gasteiger charge is 2.43. The molecule has 1 aliphatic carbocycles. The number of nitrogens with zero attached hydrogens (tertiary/aromatic N) is 3. The highest BCUT2D eigenvalue weighted by atomic mass is 16.2. The normalized spacial score (nSPS) is 28.8. The van der Waals surface area contributed by atoms with E-state index in [1.807, 2.05) is 17.0 Å². The van der Waals surface area contributed by atoms with Crippen LogP contribution in [0.5, 0.6) is 0 Å². The van der Waals surface area contributed by atoms with Crippen molar-refractivity contribution >= 4 is 5.91 Å². The summed E-state index contributed by atoms with van der Waals surface area (Å²) in [7, 11) is 0. The van der Waals surface area contributed by atoms with E-state index in [0.717, 1.165) is 24.9 Å².